The number of benzene rings is 1. The van der Waals surface area contributed by atoms with Crippen molar-refractivity contribution in [2.45, 2.75) is 32.1 Å². The molecule has 1 aromatic carbocycles. The van der Waals surface area contributed by atoms with Gasteiger partial charge in [0.25, 0.3) is 0 Å². The molecule has 0 amide bonds. The van der Waals surface area contributed by atoms with Gasteiger partial charge >= 0.3 is 0 Å². The van der Waals surface area contributed by atoms with Crippen molar-refractivity contribution in [2.75, 3.05) is 0 Å². The molecule has 0 aromatic heterocycles. The average molecular weight is 262 g/mol. The van der Waals surface area contributed by atoms with Gasteiger partial charge in [0, 0.05) is 10.4 Å². The Morgan fingerprint density at radius 1 is 1.46 bits per heavy atom. The van der Waals surface area contributed by atoms with Gasteiger partial charge < -0.3 is 0 Å². The van der Waals surface area contributed by atoms with E-state index in [2.05, 4.69) is 48.0 Å². The highest BCUT2D eigenvalue weighted by Gasteiger charge is 2.05. The molecule has 13 heavy (non-hydrogen) atoms. The van der Waals surface area contributed by atoms with Gasteiger partial charge in [0.05, 0.1) is 0 Å². The third-order valence-electron chi connectivity index (χ3n) is 2.40. The maximum absolute atomic E-state index is 5.82. The number of hydrogen-bond acceptors (Lipinski definition) is 0. The quantitative estimate of drug-likeness (QED) is 0.692. The largest absolute Gasteiger partial charge is 0.122 e. The molecule has 0 aliphatic carbocycles. The van der Waals surface area contributed by atoms with Crippen LogP contribution in [-0.2, 0) is 5.88 Å². The van der Waals surface area contributed by atoms with Crippen molar-refractivity contribution in [3.63, 3.8) is 0 Å². The van der Waals surface area contributed by atoms with E-state index in [1.807, 2.05) is 0 Å². The summed E-state index contributed by atoms with van der Waals surface area (Å²) in [6, 6.07) is 6.43. The molecule has 0 spiro atoms. The Morgan fingerprint density at radius 3 is 2.69 bits per heavy atom. The van der Waals surface area contributed by atoms with Gasteiger partial charge in [0.2, 0.25) is 0 Å². The first-order valence-corrected chi connectivity index (χ1v) is 5.86. The lowest BCUT2D eigenvalue weighted by molar-refractivity contribution is 0.732. The molecule has 72 valence electrons. The highest BCUT2D eigenvalue weighted by molar-refractivity contribution is 9.10. The second kappa shape index (κ2) is 5.02. The minimum absolute atomic E-state index is 0.574. The SMILES string of the molecule is CCC(C)c1ccc(Br)c(CCl)c1. The summed E-state index contributed by atoms with van der Waals surface area (Å²) < 4.78 is 1.11. The van der Waals surface area contributed by atoms with Crippen LogP contribution in [0, 0.1) is 0 Å². The van der Waals surface area contributed by atoms with Gasteiger partial charge in [-0.1, -0.05) is 41.9 Å². The van der Waals surface area contributed by atoms with Crippen LogP contribution in [0.25, 0.3) is 0 Å². The fourth-order valence-electron chi connectivity index (χ4n) is 1.24. The summed E-state index contributed by atoms with van der Waals surface area (Å²) in [6.07, 6.45) is 1.17. The molecule has 0 heterocycles. The van der Waals surface area contributed by atoms with Crippen LogP contribution in [0.3, 0.4) is 0 Å². The first-order valence-electron chi connectivity index (χ1n) is 4.53. The van der Waals surface area contributed by atoms with Crippen LogP contribution in [-0.4, -0.2) is 0 Å². The predicted octanol–water partition coefficient (Wildman–Crippen LogP) is 4.70. The summed E-state index contributed by atoms with van der Waals surface area (Å²) in [7, 11) is 0. The molecule has 0 nitrogen and oxygen atoms in total. The topological polar surface area (TPSA) is 0 Å². The second-order valence-electron chi connectivity index (χ2n) is 3.29. The first-order chi connectivity index (χ1) is 6.19. The summed E-state index contributed by atoms with van der Waals surface area (Å²) in [5, 5.41) is 0. The minimum Gasteiger partial charge on any atom is -0.122 e. The number of hydrogen-bond donors (Lipinski definition) is 0. The van der Waals surface area contributed by atoms with Crippen molar-refractivity contribution >= 4 is 27.5 Å². The zero-order valence-electron chi connectivity index (χ0n) is 7.98. The molecule has 0 N–H and O–H groups in total. The normalized spacial score (nSPS) is 12.9. The average Bonchev–Trinajstić information content (AvgIpc) is 2.17. The van der Waals surface area contributed by atoms with E-state index < -0.39 is 0 Å². The van der Waals surface area contributed by atoms with Crippen molar-refractivity contribution in [3.05, 3.63) is 33.8 Å². The number of rotatable bonds is 3. The first kappa shape index (κ1) is 11.1. The Bertz CT molecular complexity index is 283. The van der Waals surface area contributed by atoms with Crippen LogP contribution in [0.1, 0.15) is 37.3 Å². The zero-order chi connectivity index (χ0) is 9.84. The third kappa shape index (κ3) is 2.72. The molecule has 1 unspecified atom stereocenters. The Labute approximate surface area is 93.4 Å². The molecule has 1 atom stereocenters. The number of halogens is 2. The smallest absolute Gasteiger partial charge is 0.0485 e. The lowest BCUT2D eigenvalue weighted by Gasteiger charge is -2.10. The molecule has 0 aliphatic rings. The Hall–Kier alpha value is -0.0100. The fraction of sp³-hybridized carbons (Fsp3) is 0.455. The molecule has 0 saturated heterocycles. The lowest BCUT2D eigenvalue weighted by atomic mass is 9.97. The molecule has 0 radical (unpaired) electrons. The standard InChI is InChI=1S/C11H14BrCl/c1-3-8(2)9-4-5-11(12)10(6-9)7-13/h4-6,8H,3,7H2,1-2H3. The highest BCUT2D eigenvalue weighted by Crippen LogP contribution is 2.25. The van der Waals surface area contributed by atoms with E-state index in [0.29, 0.717) is 11.8 Å². The van der Waals surface area contributed by atoms with Crippen LogP contribution in [0.5, 0.6) is 0 Å². The van der Waals surface area contributed by atoms with Crippen molar-refractivity contribution in [1.29, 1.82) is 0 Å². The molecule has 1 rings (SSSR count). The molecule has 1 aromatic rings. The van der Waals surface area contributed by atoms with E-state index >= 15 is 0 Å². The molecular formula is C11H14BrCl. The van der Waals surface area contributed by atoms with Gasteiger partial charge in [-0.05, 0) is 29.5 Å². The van der Waals surface area contributed by atoms with E-state index in [1.54, 1.807) is 0 Å². The summed E-state index contributed by atoms with van der Waals surface area (Å²) >= 11 is 9.30. The van der Waals surface area contributed by atoms with Crippen molar-refractivity contribution in [1.82, 2.24) is 0 Å². The molecule has 0 saturated carbocycles. The van der Waals surface area contributed by atoms with Crippen LogP contribution < -0.4 is 0 Å². The van der Waals surface area contributed by atoms with Crippen LogP contribution >= 0.6 is 27.5 Å². The minimum atomic E-state index is 0.574. The van der Waals surface area contributed by atoms with E-state index in [0.717, 1.165) is 4.47 Å². The molecule has 2 heteroatoms. The van der Waals surface area contributed by atoms with E-state index in [4.69, 9.17) is 11.6 Å². The lowest BCUT2D eigenvalue weighted by Crippen LogP contribution is -1.93. The van der Waals surface area contributed by atoms with Crippen LogP contribution in [0.2, 0.25) is 0 Å². The Kier molecular flexibility index (Phi) is 4.27. The summed E-state index contributed by atoms with van der Waals surface area (Å²) in [4.78, 5) is 0. The maximum Gasteiger partial charge on any atom is 0.0485 e. The van der Waals surface area contributed by atoms with Gasteiger partial charge in [-0.25, -0.2) is 0 Å². The fourth-order valence-corrected chi connectivity index (χ4v) is 2.01. The molecular weight excluding hydrogens is 247 g/mol. The second-order valence-corrected chi connectivity index (χ2v) is 4.42. The van der Waals surface area contributed by atoms with Crippen molar-refractivity contribution in [3.8, 4) is 0 Å². The van der Waals surface area contributed by atoms with Gasteiger partial charge in [-0.15, -0.1) is 11.6 Å². The van der Waals surface area contributed by atoms with Crippen molar-refractivity contribution in [2.24, 2.45) is 0 Å². The predicted molar refractivity (Wildman–Crippen MR) is 62.4 cm³/mol. The van der Waals surface area contributed by atoms with Gasteiger partial charge in [-0.3, -0.25) is 0 Å². The number of alkyl halides is 1. The van der Waals surface area contributed by atoms with Gasteiger partial charge in [-0.2, -0.15) is 0 Å². The van der Waals surface area contributed by atoms with Crippen LogP contribution in [0.4, 0.5) is 0 Å². The van der Waals surface area contributed by atoms with Gasteiger partial charge in [0.15, 0.2) is 0 Å². The summed E-state index contributed by atoms with van der Waals surface area (Å²) in [5.74, 6) is 1.19. The van der Waals surface area contributed by atoms with Crippen LogP contribution in [0.15, 0.2) is 22.7 Å². The molecule has 0 aliphatic heterocycles. The van der Waals surface area contributed by atoms with E-state index in [-0.39, 0.29) is 0 Å². The summed E-state index contributed by atoms with van der Waals surface area (Å²) in [6.45, 7) is 4.44. The van der Waals surface area contributed by atoms with E-state index in [9.17, 15) is 0 Å². The Balaban J connectivity index is 2.99. The Morgan fingerprint density at radius 2 is 2.15 bits per heavy atom. The monoisotopic (exact) mass is 260 g/mol. The maximum atomic E-state index is 5.82. The molecule has 0 bridgehead atoms. The molecule has 0 fully saturated rings. The van der Waals surface area contributed by atoms with Crippen molar-refractivity contribution < 1.29 is 0 Å². The highest BCUT2D eigenvalue weighted by atomic mass is 79.9. The third-order valence-corrected chi connectivity index (χ3v) is 3.46. The zero-order valence-corrected chi connectivity index (χ0v) is 10.3. The summed E-state index contributed by atoms with van der Waals surface area (Å²) in [5.41, 5.74) is 2.56. The van der Waals surface area contributed by atoms with E-state index in [1.165, 1.54) is 17.5 Å². The van der Waals surface area contributed by atoms with Gasteiger partial charge in [0.1, 0.15) is 0 Å².